The summed E-state index contributed by atoms with van der Waals surface area (Å²) < 4.78 is 11.3. The van der Waals surface area contributed by atoms with Gasteiger partial charge >= 0.3 is 0 Å². The molecule has 1 aliphatic heterocycles. The number of carbonyl (C=O) groups is 1. The van der Waals surface area contributed by atoms with E-state index in [1.54, 1.807) is 0 Å². The highest BCUT2D eigenvalue weighted by molar-refractivity contribution is 6.00. The third kappa shape index (κ3) is 3.91. The fourth-order valence-electron chi connectivity index (χ4n) is 2.45. The number of hydrogen-bond acceptors (Lipinski definition) is 4. The molecule has 2 fully saturated rings. The first-order valence-electron chi connectivity index (χ1n) is 7.52. The topological polar surface area (TPSA) is 73.6 Å². The molecule has 1 saturated heterocycles. The summed E-state index contributed by atoms with van der Waals surface area (Å²) in [6, 6.07) is 5.71. The molecule has 2 aliphatic rings. The molecule has 1 heterocycles. The van der Waals surface area contributed by atoms with E-state index in [9.17, 15) is 4.79 Å². The highest BCUT2D eigenvalue weighted by atomic mass is 35.5. The van der Waals surface area contributed by atoms with Crippen molar-refractivity contribution in [3.05, 3.63) is 23.8 Å². The smallest absolute Gasteiger partial charge is 0.244 e. The molecule has 0 aromatic heterocycles. The zero-order valence-corrected chi connectivity index (χ0v) is 13.6. The lowest BCUT2D eigenvalue weighted by molar-refractivity contribution is -0.118. The minimum atomic E-state index is -0.648. The number of carbonyl (C=O) groups excluding carboxylic acids is 1. The Kier molecular flexibility index (Phi) is 5.32. The van der Waals surface area contributed by atoms with Gasteiger partial charge in [0, 0.05) is 18.5 Å². The Morgan fingerprint density at radius 1 is 1.36 bits per heavy atom. The second-order valence-corrected chi connectivity index (χ2v) is 6.02. The van der Waals surface area contributed by atoms with Crippen LogP contribution in [0.25, 0.3) is 0 Å². The number of amides is 1. The minimum absolute atomic E-state index is 0. The van der Waals surface area contributed by atoms with Crippen molar-refractivity contribution in [1.82, 2.24) is 0 Å². The molecule has 3 N–H and O–H groups in total. The second kappa shape index (κ2) is 6.86. The van der Waals surface area contributed by atoms with E-state index < -0.39 is 5.54 Å². The van der Waals surface area contributed by atoms with Crippen LogP contribution in [0.3, 0.4) is 0 Å². The fourth-order valence-corrected chi connectivity index (χ4v) is 2.45. The minimum Gasteiger partial charge on any atom is -0.490 e. The van der Waals surface area contributed by atoms with Crippen LogP contribution in [0, 0.1) is 6.92 Å². The first-order valence-corrected chi connectivity index (χ1v) is 7.52. The molecule has 3 rings (SSSR count). The van der Waals surface area contributed by atoms with Crippen molar-refractivity contribution in [3.8, 4) is 5.75 Å². The molecular weight excluding hydrogens is 304 g/mol. The van der Waals surface area contributed by atoms with E-state index >= 15 is 0 Å². The molecule has 0 radical (unpaired) electrons. The number of anilines is 1. The van der Waals surface area contributed by atoms with Gasteiger partial charge < -0.3 is 20.5 Å². The highest BCUT2D eigenvalue weighted by Gasteiger charge is 2.45. The number of benzene rings is 1. The molecule has 122 valence electrons. The standard InChI is InChI=1S/C16H22N2O3.ClH/c1-11-10-12(18-15(19)16(17)6-7-16)2-3-14(11)21-13-4-8-20-9-5-13;/h2-3,10,13H,4-9,17H2,1H3,(H,18,19);1H. The van der Waals surface area contributed by atoms with Crippen molar-refractivity contribution in [1.29, 1.82) is 0 Å². The van der Waals surface area contributed by atoms with Crippen molar-refractivity contribution in [3.63, 3.8) is 0 Å². The van der Waals surface area contributed by atoms with Gasteiger partial charge in [-0.25, -0.2) is 0 Å². The van der Waals surface area contributed by atoms with Gasteiger partial charge in [-0.1, -0.05) is 0 Å². The Hall–Kier alpha value is -1.30. The summed E-state index contributed by atoms with van der Waals surface area (Å²) in [5.74, 6) is 0.772. The number of nitrogens with one attached hydrogen (secondary N) is 1. The van der Waals surface area contributed by atoms with E-state index in [4.69, 9.17) is 15.2 Å². The van der Waals surface area contributed by atoms with Crippen LogP contribution in [-0.4, -0.2) is 30.8 Å². The molecule has 5 nitrogen and oxygen atoms in total. The van der Waals surface area contributed by atoms with Gasteiger partial charge in [-0.05, 0) is 43.5 Å². The van der Waals surface area contributed by atoms with Crippen LogP contribution in [-0.2, 0) is 9.53 Å². The van der Waals surface area contributed by atoms with Gasteiger partial charge in [0.15, 0.2) is 0 Å². The maximum atomic E-state index is 11.9. The molecule has 1 amide bonds. The molecule has 0 bridgehead atoms. The zero-order chi connectivity index (χ0) is 14.9. The number of rotatable bonds is 4. The molecule has 1 saturated carbocycles. The normalized spacial score (nSPS) is 19.9. The van der Waals surface area contributed by atoms with Crippen LogP contribution < -0.4 is 15.8 Å². The number of aryl methyl sites for hydroxylation is 1. The van der Waals surface area contributed by atoms with Gasteiger partial charge in [0.2, 0.25) is 5.91 Å². The van der Waals surface area contributed by atoms with Crippen molar-refractivity contribution < 1.29 is 14.3 Å². The lowest BCUT2D eigenvalue weighted by Crippen LogP contribution is -2.37. The first-order chi connectivity index (χ1) is 10.1. The monoisotopic (exact) mass is 326 g/mol. The van der Waals surface area contributed by atoms with Crippen molar-refractivity contribution in [2.75, 3.05) is 18.5 Å². The van der Waals surface area contributed by atoms with Gasteiger partial charge in [0.25, 0.3) is 0 Å². The summed E-state index contributed by atoms with van der Waals surface area (Å²) in [4.78, 5) is 11.9. The van der Waals surface area contributed by atoms with E-state index in [1.807, 2.05) is 25.1 Å². The van der Waals surface area contributed by atoms with Crippen LogP contribution >= 0.6 is 12.4 Å². The summed E-state index contributed by atoms with van der Waals surface area (Å²) in [6.45, 7) is 3.51. The molecule has 1 aromatic carbocycles. The lowest BCUT2D eigenvalue weighted by Gasteiger charge is -2.24. The number of hydrogen-bond donors (Lipinski definition) is 2. The first kappa shape index (κ1) is 17.1. The molecule has 0 spiro atoms. The van der Waals surface area contributed by atoms with Gasteiger partial charge in [-0.2, -0.15) is 0 Å². The molecule has 1 aliphatic carbocycles. The zero-order valence-electron chi connectivity index (χ0n) is 12.8. The van der Waals surface area contributed by atoms with Crippen molar-refractivity contribution in [2.24, 2.45) is 5.73 Å². The van der Waals surface area contributed by atoms with Gasteiger partial charge in [-0.3, -0.25) is 4.79 Å². The van der Waals surface area contributed by atoms with E-state index in [-0.39, 0.29) is 24.4 Å². The molecular formula is C16H23ClN2O3. The predicted molar refractivity (Wildman–Crippen MR) is 87.7 cm³/mol. The molecule has 0 unspecified atom stereocenters. The molecule has 22 heavy (non-hydrogen) atoms. The van der Waals surface area contributed by atoms with E-state index in [1.165, 1.54) is 0 Å². The fraction of sp³-hybridized carbons (Fsp3) is 0.562. The lowest BCUT2D eigenvalue weighted by atomic mass is 10.1. The average Bonchev–Trinajstić information content (AvgIpc) is 3.22. The van der Waals surface area contributed by atoms with Crippen molar-refractivity contribution in [2.45, 2.75) is 44.2 Å². The summed E-state index contributed by atoms with van der Waals surface area (Å²) in [6.07, 6.45) is 3.60. The average molecular weight is 327 g/mol. The maximum absolute atomic E-state index is 11.9. The number of halogens is 1. The van der Waals surface area contributed by atoms with Gasteiger partial charge in [-0.15, -0.1) is 12.4 Å². The second-order valence-electron chi connectivity index (χ2n) is 6.02. The van der Waals surface area contributed by atoms with Crippen LogP contribution in [0.2, 0.25) is 0 Å². The third-order valence-electron chi connectivity index (χ3n) is 4.14. The summed E-state index contributed by atoms with van der Waals surface area (Å²) >= 11 is 0. The quantitative estimate of drug-likeness (QED) is 0.891. The maximum Gasteiger partial charge on any atom is 0.244 e. The predicted octanol–water partition coefficient (Wildman–Crippen LogP) is 2.40. The Bertz CT molecular complexity index is 540. The summed E-state index contributed by atoms with van der Waals surface area (Å²) in [7, 11) is 0. The van der Waals surface area contributed by atoms with Crippen LogP contribution in [0.4, 0.5) is 5.69 Å². The Morgan fingerprint density at radius 2 is 2.05 bits per heavy atom. The van der Waals surface area contributed by atoms with Crippen LogP contribution in [0.15, 0.2) is 18.2 Å². The van der Waals surface area contributed by atoms with Crippen LogP contribution in [0.1, 0.15) is 31.2 Å². The van der Waals surface area contributed by atoms with Gasteiger partial charge in [0.05, 0.1) is 18.8 Å². The van der Waals surface area contributed by atoms with Crippen molar-refractivity contribution >= 4 is 24.0 Å². The molecule has 0 atom stereocenters. The Balaban J connectivity index is 0.00000176. The van der Waals surface area contributed by atoms with Gasteiger partial charge in [0.1, 0.15) is 11.9 Å². The molecule has 1 aromatic rings. The van der Waals surface area contributed by atoms with E-state index in [0.29, 0.717) is 0 Å². The highest BCUT2D eigenvalue weighted by Crippen LogP contribution is 2.34. The largest absolute Gasteiger partial charge is 0.490 e. The Morgan fingerprint density at radius 3 is 2.64 bits per heavy atom. The SMILES string of the molecule is Cc1cc(NC(=O)C2(N)CC2)ccc1OC1CCOCC1.Cl. The molecule has 6 heteroatoms. The third-order valence-corrected chi connectivity index (χ3v) is 4.14. The van der Waals surface area contributed by atoms with Crippen LogP contribution in [0.5, 0.6) is 5.75 Å². The number of ether oxygens (including phenoxy) is 2. The van der Waals surface area contributed by atoms with E-state index in [0.717, 1.165) is 55.9 Å². The summed E-state index contributed by atoms with van der Waals surface area (Å²) in [5.41, 5.74) is 7.02. The number of nitrogens with two attached hydrogens (primary N) is 1. The summed E-state index contributed by atoms with van der Waals surface area (Å²) in [5, 5.41) is 2.88. The van der Waals surface area contributed by atoms with E-state index in [2.05, 4.69) is 5.32 Å². The Labute approximate surface area is 137 Å².